The Kier molecular flexibility index (Phi) is 5.43. The van der Waals surface area contributed by atoms with Crippen LogP contribution in [0, 0.1) is 11.3 Å². The Morgan fingerprint density at radius 3 is 2.38 bits per heavy atom. The molecule has 0 aromatic heterocycles. The summed E-state index contributed by atoms with van der Waals surface area (Å²) in [5.41, 5.74) is 1.93. The SMILES string of the molecule is N#Cc1ccc(N=Nc2ccc(OCCO)c(Br)c2)cc1. The Bertz CT molecular complexity index is 678. The number of ether oxygens (including phenoxy) is 1. The molecule has 0 saturated heterocycles. The van der Waals surface area contributed by atoms with Gasteiger partial charge in [-0.1, -0.05) is 0 Å². The van der Waals surface area contributed by atoms with Crippen LogP contribution < -0.4 is 4.74 Å². The smallest absolute Gasteiger partial charge is 0.133 e. The van der Waals surface area contributed by atoms with Crippen LogP contribution in [0.4, 0.5) is 11.4 Å². The molecule has 0 radical (unpaired) electrons. The second kappa shape index (κ2) is 7.53. The van der Waals surface area contributed by atoms with E-state index in [1.54, 1.807) is 42.5 Å². The van der Waals surface area contributed by atoms with Gasteiger partial charge >= 0.3 is 0 Å². The van der Waals surface area contributed by atoms with Gasteiger partial charge in [0.25, 0.3) is 0 Å². The van der Waals surface area contributed by atoms with E-state index in [-0.39, 0.29) is 13.2 Å². The van der Waals surface area contributed by atoms with E-state index in [2.05, 4.69) is 26.2 Å². The molecule has 0 fully saturated rings. The predicted molar refractivity (Wildman–Crippen MR) is 82.1 cm³/mol. The van der Waals surface area contributed by atoms with Crippen molar-refractivity contribution in [3.05, 3.63) is 52.5 Å². The van der Waals surface area contributed by atoms with Gasteiger partial charge in [-0.2, -0.15) is 15.5 Å². The summed E-state index contributed by atoms with van der Waals surface area (Å²) in [4.78, 5) is 0. The Morgan fingerprint density at radius 2 is 1.76 bits per heavy atom. The van der Waals surface area contributed by atoms with Gasteiger partial charge in [-0.3, -0.25) is 0 Å². The van der Waals surface area contributed by atoms with Crippen molar-refractivity contribution in [2.45, 2.75) is 0 Å². The molecule has 0 unspecified atom stereocenters. The number of rotatable bonds is 5. The van der Waals surface area contributed by atoms with Gasteiger partial charge in [-0.15, -0.1) is 0 Å². The number of aliphatic hydroxyl groups is 1. The first-order valence-electron chi connectivity index (χ1n) is 6.18. The summed E-state index contributed by atoms with van der Waals surface area (Å²) in [5, 5.41) is 25.7. The van der Waals surface area contributed by atoms with E-state index in [1.807, 2.05) is 6.07 Å². The van der Waals surface area contributed by atoms with E-state index in [0.29, 0.717) is 22.7 Å². The van der Waals surface area contributed by atoms with E-state index in [9.17, 15) is 0 Å². The highest BCUT2D eigenvalue weighted by Gasteiger charge is 2.02. The minimum absolute atomic E-state index is 0.0351. The number of benzene rings is 2. The molecule has 0 spiro atoms. The van der Waals surface area contributed by atoms with E-state index < -0.39 is 0 Å². The van der Waals surface area contributed by atoms with Crippen LogP contribution in [-0.4, -0.2) is 18.3 Å². The van der Waals surface area contributed by atoms with Gasteiger partial charge in [0.05, 0.1) is 34.1 Å². The Labute approximate surface area is 130 Å². The lowest BCUT2D eigenvalue weighted by molar-refractivity contribution is 0.200. The minimum atomic E-state index is -0.0351. The molecule has 106 valence electrons. The van der Waals surface area contributed by atoms with Gasteiger partial charge in [-0.25, -0.2) is 0 Å². The maximum absolute atomic E-state index is 8.73. The summed E-state index contributed by atoms with van der Waals surface area (Å²) in [6.07, 6.45) is 0. The van der Waals surface area contributed by atoms with Gasteiger partial charge in [0.15, 0.2) is 0 Å². The molecule has 1 N–H and O–H groups in total. The topological polar surface area (TPSA) is 78.0 Å². The summed E-state index contributed by atoms with van der Waals surface area (Å²) < 4.78 is 6.07. The maximum atomic E-state index is 8.73. The van der Waals surface area contributed by atoms with Crippen LogP contribution in [-0.2, 0) is 0 Å². The highest BCUT2D eigenvalue weighted by Crippen LogP contribution is 2.30. The van der Waals surface area contributed by atoms with Crippen LogP contribution in [0.5, 0.6) is 5.75 Å². The first-order valence-corrected chi connectivity index (χ1v) is 6.97. The van der Waals surface area contributed by atoms with Crippen LogP contribution in [0.25, 0.3) is 0 Å². The van der Waals surface area contributed by atoms with Crippen molar-refractivity contribution in [2.75, 3.05) is 13.2 Å². The number of azo groups is 1. The molecule has 0 bridgehead atoms. The number of nitriles is 1. The van der Waals surface area contributed by atoms with Crippen molar-refractivity contribution in [3.63, 3.8) is 0 Å². The zero-order chi connectivity index (χ0) is 15.1. The molecule has 5 nitrogen and oxygen atoms in total. The van der Waals surface area contributed by atoms with Crippen molar-refractivity contribution in [2.24, 2.45) is 10.2 Å². The van der Waals surface area contributed by atoms with Gasteiger partial charge < -0.3 is 9.84 Å². The summed E-state index contributed by atoms with van der Waals surface area (Å²) in [6.45, 7) is 0.206. The quantitative estimate of drug-likeness (QED) is 0.828. The van der Waals surface area contributed by atoms with E-state index in [0.717, 1.165) is 4.47 Å². The molecule has 0 saturated carbocycles. The van der Waals surface area contributed by atoms with Crippen molar-refractivity contribution in [3.8, 4) is 11.8 Å². The fraction of sp³-hybridized carbons (Fsp3) is 0.133. The first kappa shape index (κ1) is 15.2. The van der Waals surface area contributed by atoms with E-state index >= 15 is 0 Å². The summed E-state index contributed by atoms with van der Waals surface area (Å²) in [6, 6.07) is 14.2. The zero-order valence-corrected chi connectivity index (χ0v) is 12.6. The molecule has 6 heteroatoms. The largest absolute Gasteiger partial charge is 0.490 e. The molecule has 0 atom stereocenters. The van der Waals surface area contributed by atoms with Crippen molar-refractivity contribution in [1.29, 1.82) is 5.26 Å². The fourth-order valence-corrected chi connectivity index (χ4v) is 2.02. The predicted octanol–water partition coefficient (Wildman–Crippen LogP) is 4.11. The molecule has 0 aliphatic rings. The molecule has 0 aliphatic heterocycles. The van der Waals surface area contributed by atoms with Gasteiger partial charge in [0.2, 0.25) is 0 Å². The highest BCUT2D eigenvalue weighted by atomic mass is 79.9. The second-order valence-electron chi connectivity index (χ2n) is 4.05. The number of halogens is 1. The van der Waals surface area contributed by atoms with Crippen LogP contribution in [0.1, 0.15) is 5.56 Å². The van der Waals surface area contributed by atoms with E-state index in [1.165, 1.54) is 0 Å². The third-order valence-corrected chi connectivity index (χ3v) is 3.16. The number of nitrogens with zero attached hydrogens (tertiary/aromatic N) is 3. The molecule has 0 heterocycles. The maximum Gasteiger partial charge on any atom is 0.133 e. The Morgan fingerprint density at radius 1 is 1.10 bits per heavy atom. The lowest BCUT2D eigenvalue weighted by Gasteiger charge is -2.06. The van der Waals surface area contributed by atoms with Crippen LogP contribution in [0.15, 0.2) is 57.2 Å². The highest BCUT2D eigenvalue weighted by molar-refractivity contribution is 9.10. The minimum Gasteiger partial charge on any atom is -0.490 e. The molecule has 2 aromatic rings. The zero-order valence-electron chi connectivity index (χ0n) is 11.0. The summed E-state index contributed by atoms with van der Waals surface area (Å²) in [5.74, 6) is 0.640. The van der Waals surface area contributed by atoms with Crippen LogP contribution in [0.3, 0.4) is 0 Å². The van der Waals surface area contributed by atoms with Crippen LogP contribution in [0.2, 0.25) is 0 Å². The lowest BCUT2D eigenvalue weighted by Crippen LogP contribution is -2.01. The molecule has 0 amide bonds. The fourth-order valence-electron chi connectivity index (χ4n) is 1.54. The van der Waals surface area contributed by atoms with Crippen LogP contribution >= 0.6 is 15.9 Å². The number of hydrogen-bond acceptors (Lipinski definition) is 5. The molecular weight excluding hydrogens is 334 g/mol. The number of hydrogen-bond donors (Lipinski definition) is 1. The Hall–Kier alpha value is -2.23. The van der Waals surface area contributed by atoms with Gasteiger partial charge in [0, 0.05) is 0 Å². The van der Waals surface area contributed by atoms with Gasteiger partial charge in [0.1, 0.15) is 12.4 Å². The van der Waals surface area contributed by atoms with E-state index in [4.69, 9.17) is 15.1 Å². The average molecular weight is 346 g/mol. The third-order valence-electron chi connectivity index (χ3n) is 2.54. The third kappa shape index (κ3) is 4.38. The number of aliphatic hydroxyl groups excluding tert-OH is 1. The first-order chi connectivity index (χ1) is 10.2. The second-order valence-corrected chi connectivity index (χ2v) is 4.90. The normalized spacial score (nSPS) is 10.5. The van der Waals surface area contributed by atoms with Crippen molar-refractivity contribution >= 4 is 27.3 Å². The standard InChI is InChI=1S/C15H12BrN3O2/c16-14-9-13(5-6-15(14)21-8-7-20)19-18-12-3-1-11(10-17)2-4-12/h1-6,9,20H,7-8H2. The monoisotopic (exact) mass is 345 g/mol. The summed E-state index contributed by atoms with van der Waals surface area (Å²) >= 11 is 3.38. The lowest BCUT2D eigenvalue weighted by atomic mass is 10.2. The molecular formula is C15H12BrN3O2. The van der Waals surface area contributed by atoms with Crippen molar-refractivity contribution in [1.82, 2.24) is 0 Å². The molecule has 2 rings (SSSR count). The molecule has 0 aliphatic carbocycles. The summed E-state index contributed by atoms with van der Waals surface area (Å²) in [7, 11) is 0. The van der Waals surface area contributed by atoms with Gasteiger partial charge in [-0.05, 0) is 58.4 Å². The molecule has 21 heavy (non-hydrogen) atoms. The molecule has 2 aromatic carbocycles. The van der Waals surface area contributed by atoms with Crippen molar-refractivity contribution < 1.29 is 9.84 Å². The average Bonchev–Trinajstić information content (AvgIpc) is 2.52. The Balaban J connectivity index is 2.10.